The van der Waals surface area contributed by atoms with Gasteiger partial charge in [-0.3, -0.25) is 9.69 Å². The molecule has 1 saturated heterocycles. The minimum absolute atomic E-state index is 0.0351. The van der Waals surface area contributed by atoms with Crippen molar-refractivity contribution < 1.29 is 14.7 Å². The van der Waals surface area contributed by atoms with Crippen LogP contribution in [0.5, 0.6) is 0 Å². The summed E-state index contributed by atoms with van der Waals surface area (Å²) in [5, 5.41) is 9.05. The van der Waals surface area contributed by atoms with Gasteiger partial charge in [-0.05, 0) is 18.9 Å². The van der Waals surface area contributed by atoms with Crippen molar-refractivity contribution >= 4 is 12.0 Å². The Morgan fingerprint density at radius 1 is 1.40 bits per heavy atom. The quantitative estimate of drug-likeness (QED) is 0.859. The molecule has 0 aliphatic carbocycles. The molecule has 1 N–H and O–H groups in total. The zero-order valence-corrected chi connectivity index (χ0v) is 12.0. The number of β-lactam (4-membered cyclic amide) rings is 1. The monoisotopic (exact) mass is 276 g/mol. The zero-order chi connectivity index (χ0) is 14.9. The van der Waals surface area contributed by atoms with Gasteiger partial charge in [0, 0.05) is 7.05 Å². The minimum atomic E-state index is -1.06. The molecule has 1 aromatic carbocycles. The number of hydrogen-bond acceptors (Lipinski definition) is 2. The van der Waals surface area contributed by atoms with E-state index in [0.29, 0.717) is 0 Å². The maximum Gasteiger partial charge on any atom is 0.407 e. The SMILES string of the molecule is CCC1C(N(C)C(=O)O)C(=O)N1[C@@H](C)c1ccccc1. The highest BCUT2D eigenvalue weighted by molar-refractivity contribution is 5.92. The van der Waals surface area contributed by atoms with E-state index in [4.69, 9.17) is 5.11 Å². The van der Waals surface area contributed by atoms with Crippen LogP contribution in [0, 0.1) is 0 Å². The third-order valence-corrected chi connectivity index (χ3v) is 4.07. The van der Waals surface area contributed by atoms with Crippen molar-refractivity contribution in [1.82, 2.24) is 9.80 Å². The fourth-order valence-electron chi connectivity index (χ4n) is 2.88. The Kier molecular flexibility index (Phi) is 3.97. The van der Waals surface area contributed by atoms with Crippen LogP contribution in [0.25, 0.3) is 0 Å². The highest BCUT2D eigenvalue weighted by Gasteiger charge is 2.51. The molecule has 2 unspecified atom stereocenters. The van der Waals surface area contributed by atoms with Gasteiger partial charge in [-0.15, -0.1) is 0 Å². The Balaban J connectivity index is 2.18. The van der Waals surface area contributed by atoms with Crippen molar-refractivity contribution in [1.29, 1.82) is 0 Å². The molecule has 2 amide bonds. The van der Waals surface area contributed by atoms with Gasteiger partial charge in [0.05, 0.1) is 12.1 Å². The number of hydrogen-bond donors (Lipinski definition) is 1. The zero-order valence-electron chi connectivity index (χ0n) is 12.0. The summed E-state index contributed by atoms with van der Waals surface area (Å²) in [7, 11) is 1.46. The number of likely N-dealkylation sites (N-methyl/N-ethyl adjacent to an activating group) is 1. The standard InChI is InChI=1S/C15H20N2O3/c1-4-12-13(16(3)15(19)20)14(18)17(12)10(2)11-8-6-5-7-9-11/h5-10,12-13H,4H2,1-3H3,(H,19,20)/t10-,12?,13?/m0/s1. The summed E-state index contributed by atoms with van der Waals surface area (Å²) >= 11 is 0. The van der Waals surface area contributed by atoms with Gasteiger partial charge in [-0.1, -0.05) is 37.3 Å². The van der Waals surface area contributed by atoms with Gasteiger partial charge in [-0.25, -0.2) is 4.79 Å². The van der Waals surface area contributed by atoms with Crippen LogP contribution in [-0.4, -0.2) is 46.0 Å². The van der Waals surface area contributed by atoms with Gasteiger partial charge in [0.1, 0.15) is 6.04 Å². The summed E-state index contributed by atoms with van der Waals surface area (Å²) in [6, 6.07) is 9.15. The molecule has 20 heavy (non-hydrogen) atoms. The normalized spacial score (nSPS) is 23.1. The number of benzene rings is 1. The number of rotatable bonds is 4. The molecule has 3 atom stereocenters. The van der Waals surface area contributed by atoms with Crippen LogP contribution < -0.4 is 0 Å². The minimum Gasteiger partial charge on any atom is -0.465 e. The third-order valence-electron chi connectivity index (χ3n) is 4.07. The molecule has 1 aliphatic heterocycles. The topological polar surface area (TPSA) is 60.9 Å². The molecule has 108 valence electrons. The van der Waals surface area contributed by atoms with Crippen molar-refractivity contribution in [3.63, 3.8) is 0 Å². The first-order valence-corrected chi connectivity index (χ1v) is 6.81. The number of nitrogens with zero attached hydrogens (tertiary/aromatic N) is 2. The summed E-state index contributed by atoms with van der Waals surface area (Å²) in [6.07, 6.45) is -0.320. The van der Waals surface area contributed by atoms with Gasteiger partial charge < -0.3 is 10.0 Å². The molecular formula is C15H20N2O3. The molecular weight excluding hydrogens is 256 g/mol. The molecule has 0 aromatic heterocycles. The van der Waals surface area contributed by atoms with Crippen molar-refractivity contribution in [2.75, 3.05) is 7.05 Å². The molecule has 1 fully saturated rings. The molecule has 2 rings (SSSR count). The Labute approximate surface area is 118 Å². The molecule has 1 aromatic rings. The van der Waals surface area contributed by atoms with Crippen LogP contribution in [0.1, 0.15) is 31.9 Å². The molecule has 0 spiro atoms. The predicted molar refractivity (Wildman–Crippen MR) is 75.4 cm³/mol. The maximum absolute atomic E-state index is 12.3. The number of amides is 2. The van der Waals surface area contributed by atoms with E-state index in [1.165, 1.54) is 7.05 Å². The summed E-state index contributed by atoms with van der Waals surface area (Å²) in [5.41, 5.74) is 1.07. The van der Waals surface area contributed by atoms with E-state index >= 15 is 0 Å². The first-order valence-electron chi connectivity index (χ1n) is 6.81. The fourth-order valence-corrected chi connectivity index (χ4v) is 2.88. The van der Waals surface area contributed by atoms with Gasteiger partial charge in [0.15, 0.2) is 0 Å². The Morgan fingerprint density at radius 3 is 2.50 bits per heavy atom. The largest absolute Gasteiger partial charge is 0.465 e. The maximum atomic E-state index is 12.3. The van der Waals surface area contributed by atoms with Crippen LogP contribution in [0.3, 0.4) is 0 Å². The molecule has 0 bridgehead atoms. The predicted octanol–water partition coefficient (Wildman–Crippen LogP) is 2.35. The Morgan fingerprint density at radius 2 is 2.00 bits per heavy atom. The van der Waals surface area contributed by atoms with Crippen molar-refractivity contribution in [2.24, 2.45) is 0 Å². The van der Waals surface area contributed by atoms with E-state index in [-0.39, 0.29) is 18.0 Å². The van der Waals surface area contributed by atoms with Gasteiger partial charge in [0.2, 0.25) is 5.91 Å². The average molecular weight is 276 g/mol. The van der Waals surface area contributed by atoms with Crippen LogP contribution in [0.15, 0.2) is 30.3 Å². The average Bonchev–Trinajstić information content (AvgIpc) is 2.45. The number of carbonyl (C=O) groups excluding carboxylic acids is 1. The van der Waals surface area contributed by atoms with Crippen LogP contribution in [0.4, 0.5) is 4.79 Å². The molecule has 0 saturated carbocycles. The molecule has 5 nitrogen and oxygen atoms in total. The second-order valence-corrected chi connectivity index (χ2v) is 5.15. The lowest BCUT2D eigenvalue weighted by Crippen LogP contribution is -2.70. The Hall–Kier alpha value is -2.04. The summed E-state index contributed by atoms with van der Waals surface area (Å²) in [5.74, 6) is -0.113. The van der Waals surface area contributed by atoms with Gasteiger partial charge in [0.25, 0.3) is 0 Å². The third kappa shape index (κ3) is 2.24. The van der Waals surface area contributed by atoms with Gasteiger partial charge >= 0.3 is 6.09 Å². The van der Waals surface area contributed by atoms with E-state index in [1.807, 2.05) is 44.2 Å². The first kappa shape index (κ1) is 14.4. The van der Waals surface area contributed by atoms with E-state index in [0.717, 1.165) is 16.9 Å². The smallest absolute Gasteiger partial charge is 0.407 e. The molecule has 0 radical (unpaired) electrons. The van der Waals surface area contributed by atoms with Crippen LogP contribution in [-0.2, 0) is 4.79 Å². The lowest BCUT2D eigenvalue weighted by molar-refractivity contribution is -0.161. The molecule has 1 aliphatic rings. The molecule has 1 heterocycles. The van der Waals surface area contributed by atoms with E-state index in [1.54, 1.807) is 4.90 Å². The first-order chi connectivity index (χ1) is 9.49. The van der Waals surface area contributed by atoms with Crippen molar-refractivity contribution in [3.8, 4) is 0 Å². The van der Waals surface area contributed by atoms with E-state index < -0.39 is 12.1 Å². The fraction of sp³-hybridized carbons (Fsp3) is 0.467. The summed E-state index contributed by atoms with van der Waals surface area (Å²) < 4.78 is 0. The Bertz CT molecular complexity index is 503. The molecule has 5 heteroatoms. The number of carboxylic acid groups (broad SMARTS) is 1. The van der Waals surface area contributed by atoms with Crippen LogP contribution >= 0.6 is 0 Å². The lowest BCUT2D eigenvalue weighted by Gasteiger charge is -2.52. The highest BCUT2D eigenvalue weighted by Crippen LogP contribution is 2.35. The lowest BCUT2D eigenvalue weighted by atomic mass is 9.88. The van der Waals surface area contributed by atoms with E-state index in [9.17, 15) is 9.59 Å². The number of likely N-dealkylation sites (tertiary alicyclic amines) is 1. The highest BCUT2D eigenvalue weighted by atomic mass is 16.4. The van der Waals surface area contributed by atoms with Crippen LogP contribution in [0.2, 0.25) is 0 Å². The van der Waals surface area contributed by atoms with Gasteiger partial charge in [-0.2, -0.15) is 0 Å². The summed E-state index contributed by atoms with van der Waals surface area (Å²) in [4.78, 5) is 26.3. The van der Waals surface area contributed by atoms with E-state index in [2.05, 4.69) is 0 Å². The second kappa shape index (κ2) is 5.53. The number of carbonyl (C=O) groups is 2. The second-order valence-electron chi connectivity index (χ2n) is 5.15. The van der Waals surface area contributed by atoms with Crippen molar-refractivity contribution in [2.45, 2.75) is 38.4 Å². The summed E-state index contributed by atoms with van der Waals surface area (Å²) in [6.45, 7) is 3.96. The van der Waals surface area contributed by atoms with Crippen molar-refractivity contribution in [3.05, 3.63) is 35.9 Å².